The van der Waals surface area contributed by atoms with Crippen molar-refractivity contribution in [2.24, 2.45) is 0 Å². The van der Waals surface area contributed by atoms with Gasteiger partial charge in [0.05, 0.1) is 17.9 Å². The predicted octanol–water partition coefficient (Wildman–Crippen LogP) is 4.50. The number of aromatic nitrogens is 3. The summed E-state index contributed by atoms with van der Waals surface area (Å²) < 4.78 is 13.7. The monoisotopic (exact) mass is 445 g/mol. The number of carbonyl (C=O) groups is 1. The van der Waals surface area contributed by atoms with Gasteiger partial charge in [0, 0.05) is 29.8 Å². The van der Waals surface area contributed by atoms with Crippen molar-refractivity contribution in [1.29, 1.82) is 0 Å². The summed E-state index contributed by atoms with van der Waals surface area (Å²) in [6.07, 6.45) is 1.07. The van der Waals surface area contributed by atoms with Gasteiger partial charge in [0.1, 0.15) is 17.6 Å². The van der Waals surface area contributed by atoms with E-state index in [0.29, 0.717) is 29.9 Å². The van der Waals surface area contributed by atoms with Crippen molar-refractivity contribution in [2.45, 2.75) is 50.2 Å². The lowest BCUT2D eigenvalue weighted by molar-refractivity contribution is -0.137. The molecule has 0 bridgehead atoms. The Bertz CT molecular complexity index is 1030. The molecule has 1 aromatic carbocycles. The molecule has 1 aliphatic rings. The quantitative estimate of drug-likeness (QED) is 0.485. The Morgan fingerprint density at radius 1 is 1.43 bits per heavy atom. The number of thiophene rings is 1. The molecule has 30 heavy (non-hydrogen) atoms. The van der Waals surface area contributed by atoms with Crippen LogP contribution in [0.4, 0.5) is 0 Å². The molecule has 0 radical (unpaired) electrons. The van der Waals surface area contributed by atoms with Crippen LogP contribution in [0.1, 0.15) is 31.4 Å². The van der Waals surface area contributed by atoms with E-state index < -0.39 is 5.97 Å². The largest absolute Gasteiger partial charge is 0.494 e. The fourth-order valence-electron chi connectivity index (χ4n) is 3.42. The van der Waals surface area contributed by atoms with Gasteiger partial charge in [-0.2, -0.15) is 0 Å². The van der Waals surface area contributed by atoms with E-state index in [-0.39, 0.29) is 12.5 Å². The number of fused-ring (bicyclic) bond motifs is 1. The molecule has 3 aromatic rings. The SMILES string of the molecule is CCOc1cc2c(cc1CSc1nnc(-c3cccs3)n1CCC(=O)O)O[C@H](C)C2. The van der Waals surface area contributed by atoms with E-state index in [1.807, 2.05) is 29.0 Å². The first-order valence-corrected chi connectivity index (χ1v) is 11.7. The summed E-state index contributed by atoms with van der Waals surface area (Å²) in [5.41, 5.74) is 2.20. The number of hydrogen-bond donors (Lipinski definition) is 1. The third-order valence-electron chi connectivity index (χ3n) is 4.74. The molecule has 0 spiro atoms. The first-order valence-electron chi connectivity index (χ1n) is 9.82. The van der Waals surface area contributed by atoms with Gasteiger partial charge in [-0.3, -0.25) is 4.79 Å². The molecule has 0 amide bonds. The molecule has 2 aromatic heterocycles. The lowest BCUT2D eigenvalue weighted by Gasteiger charge is -2.13. The first kappa shape index (κ1) is 20.7. The number of ether oxygens (including phenoxy) is 2. The zero-order chi connectivity index (χ0) is 21.1. The molecule has 1 aliphatic heterocycles. The van der Waals surface area contributed by atoms with Crippen molar-refractivity contribution in [1.82, 2.24) is 14.8 Å². The molecule has 0 saturated heterocycles. The number of benzene rings is 1. The van der Waals surface area contributed by atoms with Gasteiger partial charge >= 0.3 is 5.97 Å². The second-order valence-electron chi connectivity index (χ2n) is 7.00. The van der Waals surface area contributed by atoms with Crippen molar-refractivity contribution in [3.63, 3.8) is 0 Å². The van der Waals surface area contributed by atoms with Crippen LogP contribution in [0.25, 0.3) is 10.7 Å². The highest BCUT2D eigenvalue weighted by molar-refractivity contribution is 7.98. The van der Waals surface area contributed by atoms with Gasteiger partial charge in [-0.25, -0.2) is 0 Å². The van der Waals surface area contributed by atoms with E-state index in [2.05, 4.69) is 29.3 Å². The number of thioether (sulfide) groups is 1. The fourth-order valence-corrected chi connectivity index (χ4v) is 5.08. The minimum absolute atomic E-state index is 0.0126. The number of nitrogens with zero attached hydrogens (tertiary/aromatic N) is 3. The van der Waals surface area contributed by atoms with Gasteiger partial charge in [-0.15, -0.1) is 21.5 Å². The maximum absolute atomic E-state index is 11.1. The summed E-state index contributed by atoms with van der Waals surface area (Å²) in [5.74, 6) is 2.24. The maximum atomic E-state index is 11.1. The molecule has 7 nitrogen and oxygen atoms in total. The van der Waals surface area contributed by atoms with Crippen LogP contribution in [0.2, 0.25) is 0 Å². The van der Waals surface area contributed by atoms with Crippen LogP contribution in [0, 0.1) is 0 Å². The molecule has 0 saturated carbocycles. The van der Waals surface area contributed by atoms with Crippen LogP contribution in [-0.2, 0) is 23.5 Å². The maximum Gasteiger partial charge on any atom is 0.305 e. The summed E-state index contributed by atoms with van der Waals surface area (Å²) in [5, 5.41) is 20.5. The number of rotatable bonds is 9. The predicted molar refractivity (Wildman–Crippen MR) is 117 cm³/mol. The van der Waals surface area contributed by atoms with Crippen LogP contribution in [0.3, 0.4) is 0 Å². The summed E-state index contributed by atoms with van der Waals surface area (Å²) >= 11 is 3.08. The minimum atomic E-state index is -0.847. The van der Waals surface area contributed by atoms with E-state index in [1.54, 1.807) is 11.3 Å². The second-order valence-corrected chi connectivity index (χ2v) is 8.89. The van der Waals surface area contributed by atoms with Gasteiger partial charge in [0.2, 0.25) is 0 Å². The van der Waals surface area contributed by atoms with Crippen LogP contribution >= 0.6 is 23.1 Å². The molecule has 1 atom stereocenters. The zero-order valence-corrected chi connectivity index (χ0v) is 18.5. The molecule has 3 heterocycles. The Hall–Kier alpha value is -2.52. The van der Waals surface area contributed by atoms with Crippen LogP contribution < -0.4 is 9.47 Å². The van der Waals surface area contributed by atoms with Crippen molar-refractivity contribution >= 4 is 29.1 Å². The second kappa shape index (κ2) is 9.09. The average Bonchev–Trinajstić information content (AvgIpc) is 3.43. The Morgan fingerprint density at radius 2 is 2.30 bits per heavy atom. The Morgan fingerprint density at radius 3 is 3.03 bits per heavy atom. The van der Waals surface area contributed by atoms with Crippen molar-refractivity contribution in [3.05, 3.63) is 40.8 Å². The van der Waals surface area contributed by atoms with E-state index in [9.17, 15) is 4.79 Å². The summed E-state index contributed by atoms with van der Waals surface area (Å²) in [6, 6.07) is 8.04. The third-order valence-corrected chi connectivity index (χ3v) is 6.62. The zero-order valence-electron chi connectivity index (χ0n) is 16.8. The van der Waals surface area contributed by atoms with Crippen molar-refractivity contribution < 1.29 is 19.4 Å². The van der Waals surface area contributed by atoms with E-state index in [1.165, 1.54) is 17.3 Å². The highest BCUT2D eigenvalue weighted by Gasteiger charge is 2.23. The number of carboxylic acids is 1. The molecular weight excluding hydrogens is 422 g/mol. The summed E-state index contributed by atoms with van der Waals surface area (Å²) in [6.45, 7) is 4.94. The van der Waals surface area contributed by atoms with Crippen molar-refractivity contribution in [3.8, 4) is 22.2 Å². The van der Waals surface area contributed by atoms with E-state index >= 15 is 0 Å². The van der Waals surface area contributed by atoms with E-state index in [4.69, 9.17) is 14.6 Å². The van der Waals surface area contributed by atoms with Crippen LogP contribution in [-0.4, -0.2) is 38.6 Å². The summed E-state index contributed by atoms with van der Waals surface area (Å²) in [4.78, 5) is 12.1. The first-order chi connectivity index (χ1) is 14.5. The molecule has 0 fully saturated rings. The molecule has 9 heteroatoms. The molecular formula is C21H23N3O4S2. The minimum Gasteiger partial charge on any atom is -0.494 e. The Balaban J connectivity index is 1.59. The molecule has 0 unspecified atom stereocenters. The highest BCUT2D eigenvalue weighted by Crippen LogP contribution is 2.38. The molecule has 0 aliphatic carbocycles. The normalized spacial score (nSPS) is 15.1. The molecule has 4 rings (SSSR count). The number of carboxylic acid groups (broad SMARTS) is 1. The van der Waals surface area contributed by atoms with Gasteiger partial charge in [-0.1, -0.05) is 17.8 Å². The highest BCUT2D eigenvalue weighted by atomic mass is 32.2. The van der Waals surface area contributed by atoms with Crippen molar-refractivity contribution in [2.75, 3.05) is 6.61 Å². The average molecular weight is 446 g/mol. The smallest absolute Gasteiger partial charge is 0.305 e. The van der Waals surface area contributed by atoms with Crippen LogP contribution in [0.5, 0.6) is 11.5 Å². The fraction of sp³-hybridized carbons (Fsp3) is 0.381. The lowest BCUT2D eigenvalue weighted by atomic mass is 10.1. The van der Waals surface area contributed by atoms with Gasteiger partial charge in [-0.05, 0) is 37.4 Å². The lowest BCUT2D eigenvalue weighted by Crippen LogP contribution is -2.07. The van der Waals surface area contributed by atoms with Crippen LogP contribution in [0.15, 0.2) is 34.8 Å². The Kier molecular flexibility index (Phi) is 6.29. The summed E-state index contributed by atoms with van der Waals surface area (Å²) in [7, 11) is 0. The molecule has 1 N–H and O–H groups in total. The molecule has 158 valence electrons. The number of aliphatic carboxylic acids is 1. The third kappa shape index (κ3) is 4.46. The van der Waals surface area contributed by atoms with E-state index in [0.717, 1.165) is 28.4 Å². The Labute approximate surface area is 183 Å². The van der Waals surface area contributed by atoms with Gasteiger partial charge in [0.15, 0.2) is 11.0 Å². The van der Waals surface area contributed by atoms with Gasteiger partial charge < -0.3 is 19.1 Å². The standard InChI is InChI=1S/C21H23N3O4S2/c1-3-27-16-10-14-9-13(2)28-17(14)11-15(16)12-30-21-23-22-20(18-5-4-8-29-18)24(21)7-6-19(25)26/h4-5,8,10-11,13H,3,6-7,9,12H2,1-2H3,(H,25,26)/t13-/m1/s1. The van der Waals surface area contributed by atoms with Gasteiger partial charge in [0.25, 0.3) is 0 Å². The number of hydrogen-bond acceptors (Lipinski definition) is 7. The topological polar surface area (TPSA) is 86.5 Å².